The maximum absolute atomic E-state index is 14.4. The third kappa shape index (κ3) is 16.4. The van der Waals surface area contributed by atoms with E-state index in [1.165, 1.54) is 11.8 Å². The van der Waals surface area contributed by atoms with Gasteiger partial charge in [0.15, 0.2) is 5.96 Å². The molecule has 14 N–H and O–H groups in total. The highest BCUT2D eigenvalue weighted by Gasteiger charge is 2.39. The molecule has 5 rings (SSSR count). The van der Waals surface area contributed by atoms with E-state index < -0.39 is 96.3 Å². The van der Waals surface area contributed by atoms with E-state index in [0.29, 0.717) is 42.5 Å². The molecule has 376 valence electrons. The minimum absolute atomic E-state index is 0.00140. The zero-order valence-electron chi connectivity index (χ0n) is 39.3. The second kappa shape index (κ2) is 27.0. The second-order valence-corrected chi connectivity index (χ2v) is 17.5. The molecule has 0 aliphatic carbocycles. The highest BCUT2D eigenvalue weighted by molar-refractivity contribution is 5.98. The summed E-state index contributed by atoms with van der Waals surface area (Å²) in [4.78, 5) is 110. The molecule has 2 saturated heterocycles. The first-order chi connectivity index (χ1) is 33.6. The number of benzene rings is 3. The van der Waals surface area contributed by atoms with Crippen LogP contribution in [-0.2, 0) is 57.6 Å². The Balaban J connectivity index is 1.30. The first-order valence-electron chi connectivity index (χ1n) is 23.6. The number of guanidine groups is 1. The Hall–Kier alpha value is -7.39. The normalized spacial score (nSPS) is 17.8. The molecule has 0 radical (unpaired) electrons. The van der Waals surface area contributed by atoms with Crippen molar-refractivity contribution in [3.05, 3.63) is 108 Å². The monoisotopic (exact) mass is 967 g/mol. The molecule has 0 spiro atoms. The van der Waals surface area contributed by atoms with Gasteiger partial charge < -0.3 is 64.0 Å². The third-order valence-electron chi connectivity index (χ3n) is 12.2. The molecular weight excluding hydrogens is 901 g/mol. The smallest absolute Gasteiger partial charge is 0.326 e. The van der Waals surface area contributed by atoms with E-state index in [4.69, 9.17) is 16.9 Å². The molecule has 2 aliphatic rings. The van der Waals surface area contributed by atoms with E-state index in [9.17, 15) is 43.5 Å². The van der Waals surface area contributed by atoms with E-state index in [-0.39, 0.29) is 57.1 Å². The Morgan fingerprint density at radius 3 is 1.63 bits per heavy atom. The van der Waals surface area contributed by atoms with Gasteiger partial charge >= 0.3 is 5.97 Å². The van der Waals surface area contributed by atoms with Gasteiger partial charge in [-0.15, -0.1) is 0 Å². The molecule has 21 nitrogen and oxygen atoms in total. The molecule has 3 aromatic carbocycles. The summed E-state index contributed by atoms with van der Waals surface area (Å²) in [6.07, 6.45) is 2.62. The predicted molar refractivity (Wildman–Crippen MR) is 259 cm³/mol. The van der Waals surface area contributed by atoms with Crippen LogP contribution in [0.5, 0.6) is 0 Å². The van der Waals surface area contributed by atoms with Gasteiger partial charge in [-0.3, -0.25) is 39.0 Å². The molecule has 0 aromatic heterocycles. The van der Waals surface area contributed by atoms with Crippen LogP contribution >= 0.6 is 0 Å². The van der Waals surface area contributed by atoms with Gasteiger partial charge in [-0.25, -0.2) is 4.79 Å². The number of aliphatic carboxylic acids is 1. The second-order valence-electron chi connectivity index (χ2n) is 17.5. The highest BCUT2D eigenvalue weighted by atomic mass is 16.4. The molecule has 2 heterocycles. The fourth-order valence-corrected chi connectivity index (χ4v) is 8.36. The number of likely N-dealkylation sites (tertiary alicyclic amines) is 1. The van der Waals surface area contributed by atoms with Crippen molar-refractivity contribution in [1.82, 2.24) is 47.4 Å². The number of hydrogen-bond donors (Lipinski definition) is 12. The summed E-state index contributed by atoms with van der Waals surface area (Å²) in [5, 5.41) is 39.3. The van der Waals surface area contributed by atoms with E-state index in [2.05, 4.69) is 42.5 Å². The van der Waals surface area contributed by atoms with E-state index in [0.717, 1.165) is 6.42 Å². The Labute approximate surface area is 406 Å². The van der Waals surface area contributed by atoms with Crippen LogP contribution in [-0.4, -0.2) is 138 Å². The SMILES string of the molecule is C[C@H](NC(=O)[C@H](CN)NC(=O)[C@H](Cc1ccccc1)NC(=O)[C@@H](Cc1ccccc1)NC(=O)[C@@H](CCCNC(=N)N)NC(=O)[C@@H]1CCCN1)C(=O)N[C@@H](Cc1ccccc1)C(=O)N1CCC[C@@H]1C(=O)O. The van der Waals surface area contributed by atoms with Crippen molar-refractivity contribution in [2.75, 3.05) is 26.2 Å². The molecule has 7 amide bonds. The van der Waals surface area contributed by atoms with Crippen LogP contribution in [0.1, 0.15) is 62.1 Å². The summed E-state index contributed by atoms with van der Waals surface area (Å²) in [5.41, 5.74) is 13.5. The minimum Gasteiger partial charge on any atom is -0.480 e. The van der Waals surface area contributed by atoms with Crippen molar-refractivity contribution in [3.8, 4) is 0 Å². The summed E-state index contributed by atoms with van der Waals surface area (Å²) < 4.78 is 0. The van der Waals surface area contributed by atoms with Crippen LogP contribution < -0.4 is 54.0 Å². The number of rotatable bonds is 25. The summed E-state index contributed by atoms with van der Waals surface area (Å²) >= 11 is 0. The number of carbonyl (C=O) groups is 8. The van der Waals surface area contributed by atoms with Crippen LogP contribution in [0.25, 0.3) is 0 Å². The molecule has 21 heteroatoms. The number of hydrogen-bond acceptors (Lipinski definition) is 11. The van der Waals surface area contributed by atoms with E-state index >= 15 is 0 Å². The molecule has 0 unspecified atom stereocenters. The molecular formula is C49H66N12O9. The van der Waals surface area contributed by atoms with Gasteiger partial charge in [0.2, 0.25) is 41.4 Å². The van der Waals surface area contributed by atoms with Crippen molar-refractivity contribution in [2.24, 2.45) is 11.5 Å². The fourth-order valence-electron chi connectivity index (χ4n) is 8.36. The fraction of sp³-hybridized carbons (Fsp3) is 0.449. The van der Waals surface area contributed by atoms with Crippen LogP contribution in [0.2, 0.25) is 0 Å². The molecule has 0 bridgehead atoms. The molecule has 70 heavy (non-hydrogen) atoms. The van der Waals surface area contributed by atoms with E-state index in [1.807, 2.05) is 0 Å². The summed E-state index contributed by atoms with van der Waals surface area (Å²) in [5.74, 6) is -6.12. The van der Waals surface area contributed by atoms with Crippen LogP contribution in [0, 0.1) is 5.41 Å². The van der Waals surface area contributed by atoms with Crippen molar-refractivity contribution in [1.29, 1.82) is 5.41 Å². The largest absolute Gasteiger partial charge is 0.480 e. The summed E-state index contributed by atoms with van der Waals surface area (Å²) in [6.45, 7) is 2.07. The van der Waals surface area contributed by atoms with Gasteiger partial charge in [0.1, 0.15) is 42.3 Å². The van der Waals surface area contributed by atoms with Crippen LogP contribution in [0.3, 0.4) is 0 Å². The maximum atomic E-state index is 14.4. The number of amides is 7. The Morgan fingerprint density at radius 2 is 1.14 bits per heavy atom. The van der Waals surface area contributed by atoms with Crippen LogP contribution in [0.15, 0.2) is 91.0 Å². The molecule has 8 atom stereocenters. The Bertz CT molecular complexity index is 2270. The molecule has 0 saturated carbocycles. The van der Waals surface area contributed by atoms with Crippen LogP contribution in [0.4, 0.5) is 0 Å². The number of carboxylic acid groups (broad SMARTS) is 1. The first kappa shape index (κ1) is 53.6. The summed E-state index contributed by atoms with van der Waals surface area (Å²) in [6, 6.07) is 17.5. The van der Waals surface area contributed by atoms with E-state index in [1.54, 1.807) is 91.0 Å². The highest BCUT2D eigenvalue weighted by Crippen LogP contribution is 2.20. The van der Waals surface area contributed by atoms with Crippen molar-refractivity contribution < 1.29 is 43.5 Å². The molecule has 3 aromatic rings. The number of nitrogens with two attached hydrogens (primary N) is 2. The molecule has 2 aliphatic heterocycles. The van der Waals surface area contributed by atoms with Gasteiger partial charge in [-0.1, -0.05) is 91.0 Å². The standard InChI is InChI=1S/C49H66N12O9/c1-30(41(62)59-38(28-33-18-9-4-10-19-33)47(68)61-25-13-22-40(61)48(69)70)55-46(67)39(29-50)60-45(66)37(27-32-16-7-3-8-17-32)58-44(65)36(26-31-14-5-2-6-15-31)57-43(64)35(21-12-24-54-49(51)52)56-42(63)34-20-11-23-53-34/h2-10,14-19,30,34-40,53H,11-13,20-29,50H2,1H3,(H,55,67)(H,56,63)(H,57,64)(H,58,65)(H,59,62)(H,60,66)(H,69,70)(H4,51,52,54)/t30-,34-,35+,36+,37-,38-,39-,40+/m0/s1. The van der Waals surface area contributed by atoms with Gasteiger partial charge in [-0.2, -0.15) is 0 Å². The number of nitrogens with zero attached hydrogens (tertiary/aromatic N) is 1. The minimum atomic E-state index is -1.41. The lowest BCUT2D eigenvalue weighted by Crippen LogP contribution is -2.61. The Morgan fingerprint density at radius 1 is 0.657 bits per heavy atom. The average Bonchev–Trinajstić information content (AvgIpc) is 4.08. The van der Waals surface area contributed by atoms with Gasteiger partial charge in [0, 0.05) is 38.9 Å². The lowest BCUT2D eigenvalue weighted by molar-refractivity contribution is -0.149. The first-order valence-corrected chi connectivity index (χ1v) is 23.6. The number of carboxylic acids is 1. The predicted octanol–water partition coefficient (Wildman–Crippen LogP) is -1.31. The quantitative estimate of drug-likeness (QED) is 0.0267. The van der Waals surface area contributed by atoms with Gasteiger partial charge in [-0.05, 0) is 68.7 Å². The zero-order valence-corrected chi connectivity index (χ0v) is 39.3. The lowest BCUT2D eigenvalue weighted by atomic mass is 10.0. The summed E-state index contributed by atoms with van der Waals surface area (Å²) in [7, 11) is 0. The maximum Gasteiger partial charge on any atom is 0.326 e. The van der Waals surface area contributed by atoms with Gasteiger partial charge in [0.25, 0.3) is 0 Å². The third-order valence-corrected chi connectivity index (χ3v) is 12.2. The Kier molecular flexibility index (Phi) is 20.6. The number of nitrogens with one attached hydrogen (secondary N) is 9. The number of carbonyl (C=O) groups excluding carboxylic acids is 7. The lowest BCUT2D eigenvalue weighted by Gasteiger charge is -2.29. The zero-order chi connectivity index (χ0) is 50.6. The molecule has 2 fully saturated rings. The van der Waals surface area contributed by atoms with Crippen molar-refractivity contribution >= 4 is 53.3 Å². The topological polar surface area (TPSA) is 332 Å². The van der Waals surface area contributed by atoms with Crippen molar-refractivity contribution in [2.45, 2.75) is 113 Å². The van der Waals surface area contributed by atoms with Crippen molar-refractivity contribution in [3.63, 3.8) is 0 Å². The average molecular weight is 967 g/mol. The van der Waals surface area contributed by atoms with Gasteiger partial charge in [0.05, 0.1) is 6.04 Å².